The number of likely N-dealkylation sites (N-methyl/N-ethyl adjacent to an activating group) is 1. The minimum Gasteiger partial charge on any atom is -0.335 e. The Labute approximate surface area is 181 Å². The Morgan fingerprint density at radius 2 is 1.68 bits per heavy atom. The van der Waals surface area contributed by atoms with Crippen molar-refractivity contribution in [3.8, 4) is 11.3 Å². The molecule has 9 heteroatoms. The number of fused-ring (bicyclic) bond motifs is 3. The highest BCUT2D eigenvalue weighted by atomic mass is 32.2. The predicted molar refractivity (Wildman–Crippen MR) is 119 cm³/mol. The van der Waals surface area contributed by atoms with Crippen molar-refractivity contribution in [1.82, 2.24) is 24.1 Å². The van der Waals surface area contributed by atoms with E-state index < -0.39 is 10.0 Å². The molecule has 0 aliphatic carbocycles. The molecule has 4 aromatic rings. The Morgan fingerprint density at radius 3 is 2.42 bits per heavy atom. The summed E-state index contributed by atoms with van der Waals surface area (Å²) in [7, 11) is -1.49. The summed E-state index contributed by atoms with van der Waals surface area (Å²) in [5.74, 6) is 0.682. The van der Waals surface area contributed by atoms with Crippen LogP contribution in [-0.2, 0) is 10.0 Å². The van der Waals surface area contributed by atoms with E-state index in [1.165, 1.54) is 4.90 Å². The molecule has 3 heterocycles. The first-order valence-corrected chi connectivity index (χ1v) is 11.8. The molecule has 2 aromatic carbocycles. The molecule has 1 aliphatic heterocycles. The van der Waals surface area contributed by atoms with Gasteiger partial charge < -0.3 is 4.90 Å². The van der Waals surface area contributed by atoms with Gasteiger partial charge in [0.25, 0.3) is 0 Å². The summed E-state index contributed by atoms with van der Waals surface area (Å²) in [6.07, 6.45) is 0. The number of sulfonamides is 1. The van der Waals surface area contributed by atoms with Crippen molar-refractivity contribution in [1.29, 1.82) is 0 Å². The minimum atomic E-state index is -3.58. The molecule has 31 heavy (non-hydrogen) atoms. The number of quaternary nitrogens is 1. The number of hydrogen-bond donors (Lipinski definition) is 1. The van der Waals surface area contributed by atoms with Gasteiger partial charge in [-0.2, -0.15) is 13.9 Å². The molecule has 1 fully saturated rings. The molecular formula is C22H25N6O2S+. The van der Waals surface area contributed by atoms with E-state index in [0.29, 0.717) is 35.2 Å². The molecule has 160 valence electrons. The van der Waals surface area contributed by atoms with E-state index in [1.807, 2.05) is 50.2 Å². The molecule has 0 atom stereocenters. The fraction of sp³-hybridized carbons (Fsp3) is 0.318. The smallest absolute Gasteiger partial charge is 0.243 e. The molecule has 5 rings (SSSR count). The maximum absolute atomic E-state index is 13.5. The number of hydrogen-bond acceptors (Lipinski definition) is 5. The van der Waals surface area contributed by atoms with Gasteiger partial charge in [-0.15, -0.1) is 10.2 Å². The Hall–Kier alpha value is -2.88. The van der Waals surface area contributed by atoms with Crippen LogP contribution in [0.25, 0.3) is 27.7 Å². The van der Waals surface area contributed by atoms with E-state index in [9.17, 15) is 8.42 Å². The molecular weight excluding hydrogens is 412 g/mol. The SMILES string of the molecule is Cc1ccc(-c2nn3c(C)nnc3c3ccccc23)cc1S(=O)(=O)N1CC[NH+](C)CC1. The summed E-state index contributed by atoms with van der Waals surface area (Å²) in [4.78, 5) is 1.70. The van der Waals surface area contributed by atoms with Crippen molar-refractivity contribution in [2.24, 2.45) is 0 Å². The molecule has 0 spiro atoms. The second-order valence-corrected chi connectivity index (χ2v) is 10.1. The van der Waals surface area contributed by atoms with Crippen LogP contribution in [0.4, 0.5) is 0 Å². The van der Waals surface area contributed by atoms with E-state index in [4.69, 9.17) is 5.10 Å². The molecule has 1 N–H and O–H groups in total. The minimum absolute atomic E-state index is 0.344. The van der Waals surface area contributed by atoms with Gasteiger partial charge in [0.2, 0.25) is 10.0 Å². The van der Waals surface area contributed by atoms with Crippen molar-refractivity contribution >= 4 is 26.4 Å². The molecule has 2 aromatic heterocycles. The first-order valence-electron chi connectivity index (χ1n) is 10.4. The van der Waals surface area contributed by atoms with Crippen LogP contribution in [0.1, 0.15) is 11.4 Å². The molecule has 0 unspecified atom stereocenters. The topological polar surface area (TPSA) is 84.9 Å². The number of aryl methyl sites for hydroxylation is 2. The van der Waals surface area contributed by atoms with Gasteiger partial charge in [-0.3, -0.25) is 0 Å². The van der Waals surface area contributed by atoms with E-state index in [1.54, 1.807) is 14.9 Å². The third-order valence-electron chi connectivity index (χ3n) is 6.08. The van der Waals surface area contributed by atoms with Crippen molar-refractivity contribution in [2.75, 3.05) is 33.2 Å². The average molecular weight is 438 g/mol. The summed E-state index contributed by atoms with van der Waals surface area (Å²) in [6.45, 7) is 6.39. The average Bonchev–Trinajstić information content (AvgIpc) is 3.15. The van der Waals surface area contributed by atoms with Crippen molar-refractivity contribution < 1.29 is 13.3 Å². The van der Waals surface area contributed by atoms with Crippen LogP contribution >= 0.6 is 0 Å². The zero-order valence-corrected chi connectivity index (χ0v) is 18.6. The van der Waals surface area contributed by atoms with Gasteiger partial charge in [-0.25, -0.2) is 8.42 Å². The largest absolute Gasteiger partial charge is 0.335 e. The molecule has 0 radical (unpaired) electrons. The molecule has 1 aliphatic rings. The Kier molecular flexibility index (Phi) is 4.76. The van der Waals surface area contributed by atoms with E-state index in [0.717, 1.165) is 35.0 Å². The summed E-state index contributed by atoms with van der Waals surface area (Å²) in [6, 6.07) is 13.4. The highest BCUT2D eigenvalue weighted by molar-refractivity contribution is 7.89. The Balaban J connectivity index is 1.69. The number of rotatable bonds is 3. The van der Waals surface area contributed by atoms with Gasteiger partial charge in [-0.05, 0) is 25.5 Å². The highest BCUT2D eigenvalue weighted by Gasteiger charge is 2.30. The standard InChI is InChI=1S/C22H24N6O2S/c1-15-8-9-17(14-20(15)31(29,30)27-12-10-26(3)11-13-27)21-18-6-4-5-7-19(18)22-24-23-16(2)28(22)25-21/h4-9,14H,10-13H2,1-3H3/p+1. The fourth-order valence-electron chi connectivity index (χ4n) is 4.17. The monoisotopic (exact) mass is 437 g/mol. The number of aromatic nitrogens is 4. The van der Waals surface area contributed by atoms with Crippen LogP contribution in [0, 0.1) is 13.8 Å². The molecule has 0 bridgehead atoms. The lowest BCUT2D eigenvalue weighted by Gasteiger charge is -2.29. The van der Waals surface area contributed by atoms with Gasteiger partial charge in [0, 0.05) is 16.3 Å². The summed E-state index contributed by atoms with van der Waals surface area (Å²) < 4.78 is 30.2. The highest BCUT2D eigenvalue weighted by Crippen LogP contribution is 2.32. The van der Waals surface area contributed by atoms with Crippen LogP contribution < -0.4 is 4.90 Å². The second kappa shape index (κ2) is 7.37. The van der Waals surface area contributed by atoms with Gasteiger partial charge in [-0.1, -0.05) is 36.4 Å². The normalized spacial score (nSPS) is 16.4. The predicted octanol–water partition coefficient (Wildman–Crippen LogP) is 1.08. The van der Waals surface area contributed by atoms with Crippen LogP contribution in [0.2, 0.25) is 0 Å². The lowest BCUT2D eigenvalue weighted by atomic mass is 10.0. The zero-order chi connectivity index (χ0) is 21.8. The summed E-state index contributed by atoms with van der Waals surface area (Å²) in [5, 5.41) is 15.1. The molecule has 0 saturated carbocycles. The number of nitrogens with zero attached hydrogens (tertiary/aromatic N) is 5. The van der Waals surface area contributed by atoms with Crippen LogP contribution in [-0.4, -0.2) is 65.8 Å². The van der Waals surface area contributed by atoms with Crippen molar-refractivity contribution in [2.45, 2.75) is 18.7 Å². The first kappa shape index (κ1) is 20.0. The second-order valence-electron chi connectivity index (χ2n) is 8.22. The van der Waals surface area contributed by atoms with E-state index in [-0.39, 0.29) is 0 Å². The van der Waals surface area contributed by atoms with Gasteiger partial charge in [0.15, 0.2) is 11.5 Å². The maximum Gasteiger partial charge on any atom is 0.243 e. The van der Waals surface area contributed by atoms with Crippen molar-refractivity contribution in [3.63, 3.8) is 0 Å². The number of nitrogens with one attached hydrogen (secondary N) is 1. The van der Waals surface area contributed by atoms with E-state index >= 15 is 0 Å². The summed E-state index contributed by atoms with van der Waals surface area (Å²) in [5.41, 5.74) is 2.90. The fourth-order valence-corrected chi connectivity index (χ4v) is 5.86. The molecule has 8 nitrogen and oxygen atoms in total. The third kappa shape index (κ3) is 3.29. The van der Waals surface area contributed by atoms with Gasteiger partial charge >= 0.3 is 0 Å². The van der Waals surface area contributed by atoms with Gasteiger partial charge in [0.05, 0.1) is 43.8 Å². The number of benzene rings is 2. The number of piperazine rings is 1. The van der Waals surface area contributed by atoms with Gasteiger partial charge in [0.1, 0.15) is 0 Å². The Bertz CT molecular complexity index is 1400. The van der Waals surface area contributed by atoms with E-state index in [2.05, 4.69) is 17.2 Å². The van der Waals surface area contributed by atoms with Crippen molar-refractivity contribution in [3.05, 3.63) is 53.9 Å². The maximum atomic E-state index is 13.5. The third-order valence-corrected chi connectivity index (χ3v) is 8.12. The quantitative estimate of drug-likeness (QED) is 0.519. The first-order chi connectivity index (χ1) is 14.9. The molecule has 0 amide bonds. The lowest BCUT2D eigenvalue weighted by Crippen LogP contribution is -3.12. The van der Waals surface area contributed by atoms with Crippen LogP contribution in [0.15, 0.2) is 47.4 Å². The molecule has 1 saturated heterocycles. The zero-order valence-electron chi connectivity index (χ0n) is 17.8. The van der Waals surface area contributed by atoms with Crippen LogP contribution in [0.5, 0.6) is 0 Å². The van der Waals surface area contributed by atoms with Crippen LogP contribution in [0.3, 0.4) is 0 Å². The Morgan fingerprint density at radius 1 is 0.968 bits per heavy atom. The summed E-state index contributed by atoms with van der Waals surface area (Å²) >= 11 is 0. The lowest BCUT2D eigenvalue weighted by molar-refractivity contribution is -0.883.